The van der Waals surface area contributed by atoms with Crippen molar-refractivity contribution < 1.29 is 9.53 Å². The summed E-state index contributed by atoms with van der Waals surface area (Å²) in [4.78, 5) is 12.0. The predicted octanol–water partition coefficient (Wildman–Crippen LogP) is 5.52. The third-order valence-electron chi connectivity index (χ3n) is 2.49. The lowest BCUT2D eigenvalue weighted by molar-refractivity contribution is 0.262. The highest BCUT2D eigenvalue weighted by Gasteiger charge is 2.06. The summed E-state index contributed by atoms with van der Waals surface area (Å²) in [6.45, 7) is 0. The Morgan fingerprint density at radius 2 is 1.57 bits per heavy atom. The molecule has 4 nitrogen and oxygen atoms in total. The Hall–Kier alpha value is -1.24. The van der Waals surface area contributed by atoms with Gasteiger partial charge < -0.3 is 15.4 Å². The average Bonchev–Trinajstić information content (AvgIpc) is 2.36. The molecule has 0 bridgehead atoms. The lowest BCUT2D eigenvalue weighted by Gasteiger charge is -2.10. The molecule has 0 saturated heterocycles. The molecule has 0 unspecified atom stereocenters. The van der Waals surface area contributed by atoms with Crippen molar-refractivity contribution in [2.45, 2.75) is 0 Å². The Morgan fingerprint density at radius 3 is 2.14 bits per heavy atom. The zero-order chi connectivity index (χ0) is 15.4. The number of anilines is 2. The van der Waals surface area contributed by atoms with Crippen LogP contribution in [0.3, 0.4) is 0 Å². The van der Waals surface area contributed by atoms with Gasteiger partial charge >= 0.3 is 6.03 Å². The predicted molar refractivity (Wildman–Crippen MR) is 92.5 cm³/mol. The summed E-state index contributed by atoms with van der Waals surface area (Å²) < 4.78 is 6.74. The molecule has 0 aliphatic carbocycles. The summed E-state index contributed by atoms with van der Waals surface area (Å²) in [6, 6.07) is 10.1. The maximum Gasteiger partial charge on any atom is 0.323 e. The lowest BCUT2D eigenvalue weighted by Crippen LogP contribution is -2.19. The van der Waals surface area contributed by atoms with Crippen LogP contribution in [0.5, 0.6) is 5.75 Å². The fraction of sp³-hybridized carbons (Fsp3) is 0.0714. The van der Waals surface area contributed by atoms with Crippen molar-refractivity contribution in [1.29, 1.82) is 0 Å². The van der Waals surface area contributed by atoms with Crippen LogP contribution in [0, 0.1) is 0 Å². The van der Waals surface area contributed by atoms with Crippen LogP contribution in [0.25, 0.3) is 0 Å². The van der Waals surface area contributed by atoms with Gasteiger partial charge in [0.05, 0.1) is 7.11 Å². The SMILES string of the molecule is COc1cc(Br)cc(NC(=O)Nc2cc(Cl)cc(Br)c2)c1. The van der Waals surface area contributed by atoms with Gasteiger partial charge in [-0.3, -0.25) is 0 Å². The summed E-state index contributed by atoms with van der Waals surface area (Å²) >= 11 is 12.6. The molecule has 0 fully saturated rings. The Morgan fingerprint density at radius 1 is 1.00 bits per heavy atom. The van der Waals surface area contributed by atoms with Crippen LogP contribution in [0.1, 0.15) is 0 Å². The van der Waals surface area contributed by atoms with E-state index in [9.17, 15) is 4.79 Å². The van der Waals surface area contributed by atoms with Crippen LogP contribution in [0.2, 0.25) is 5.02 Å². The van der Waals surface area contributed by atoms with E-state index in [4.69, 9.17) is 16.3 Å². The van der Waals surface area contributed by atoms with Crippen molar-refractivity contribution in [2.75, 3.05) is 17.7 Å². The molecule has 0 aliphatic rings. The number of hydrogen-bond donors (Lipinski definition) is 2. The number of amides is 2. The highest BCUT2D eigenvalue weighted by molar-refractivity contribution is 9.10. The topological polar surface area (TPSA) is 50.4 Å². The molecule has 0 saturated carbocycles. The summed E-state index contributed by atoms with van der Waals surface area (Å²) in [5, 5.41) is 5.97. The summed E-state index contributed by atoms with van der Waals surface area (Å²) in [6.07, 6.45) is 0. The van der Waals surface area contributed by atoms with Crippen LogP contribution >= 0.6 is 43.5 Å². The van der Waals surface area contributed by atoms with E-state index < -0.39 is 0 Å². The molecule has 0 radical (unpaired) electrons. The zero-order valence-electron chi connectivity index (χ0n) is 10.9. The number of nitrogens with one attached hydrogen (secondary N) is 2. The van der Waals surface area contributed by atoms with E-state index in [-0.39, 0.29) is 6.03 Å². The number of rotatable bonds is 3. The molecule has 110 valence electrons. The van der Waals surface area contributed by atoms with Gasteiger partial charge in [-0.2, -0.15) is 0 Å². The van der Waals surface area contributed by atoms with Crippen molar-refractivity contribution in [3.63, 3.8) is 0 Å². The first-order chi connectivity index (χ1) is 9.96. The molecule has 2 rings (SSSR count). The fourth-order valence-corrected chi connectivity index (χ4v) is 3.00. The first-order valence-corrected chi connectivity index (χ1v) is 7.81. The van der Waals surface area contributed by atoms with Gasteiger partial charge in [-0.15, -0.1) is 0 Å². The minimum Gasteiger partial charge on any atom is -0.497 e. The maximum atomic E-state index is 12.0. The van der Waals surface area contributed by atoms with E-state index in [1.807, 2.05) is 0 Å². The third-order valence-corrected chi connectivity index (χ3v) is 3.62. The number of urea groups is 1. The molecule has 0 aliphatic heterocycles. The van der Waals surface area contributed by atoms with Crippen LogP contribution in [0.4, 0.5) is 16.2 Å². The number of hydrogen-bond acceptors (Lipinski definition) is 2. The van der Waals surface area contributed by atoms with Gasteiger partial charge in [-0.25, -0.2) is 4.79 Å². The molecule has 2 aromatic rings. The Labute approximate surface area is 144 Å². The molecule has 0 aromatic heterocycles. The van der Waals surface area contributed by atoms with E-state index in [2.05, 4.69) is 42.5 Å². The second-order valence-electron chi connectivity index (χ2n) is 4.12. The Kier molecular flexibility index (Phi) is 5.50. The van der Waals surface area contributed by atoms with Gasteiger partial charge in [0.1, 0.15) is 5.75 Å². The molecule has 2 N–H and O–H groups in total. The van der Waals surface area contributed by atoms with Gasteiger partial charge in [0.25, 0.3) is 0 Å². The molecule has 21 heavy (non-hydrogen) atoms. The van der Waals surface area contributed by atoms with Gasteiger partial charge in [-0.05, 0) is 30.3 Å². The highest BCUT2D eigenvalue weighted by Crippen LogP contribution is 2.25. The zero-order valence-corrected chi connectivity index (χ0v) is 14.8. The second-order valence-corrected chi connectivity index (χ2v) is 6.38. The minimum absolute atomic E-state index is 0.371. The number of methoxy groups -OCH3 is 1. The smallest absolute Gasteiger partial charge is 0.323 e. The molecule has 0 heterocycles. The monoisotopic (exact) mass is 432 g/mol. The van der Waals surface area contributed by atoms with E-state index in [0.29, 0.717) is 22.1 Å². The van der Waals surface area contributed by atoms with Crippen LogP contribution < -0.4 is 15.4 Å². The molecular formula is C14H11Br2ClN2O2. The molecule has 2 aromatic carbocycles. The summed E-state index contributed by atoms with van der Waals surface area (Å²) in [5.41, 5.74) is 1.20. The quantitative estimate of drug-likeness (QED) is 0.669. The fourth-order valence-electron chi connectivity index (χ4n) is 1.67. The Balaban J connectivity index is 2.09. The first-order valence-electron chi connectivity index (χ1n) is 5.85. The van der Waals surface area contributed by atoms with Crippen LogP contribution in [0.15, 0.2) is 45.3 Å². The van der Waals surface area contributed by atoms with Crippen LogP contribution in [-0.2, 0) is 0 Å². The summed E-state index contributed by atoms with van der Waals surface area (Å²) in [5.74, 6) is 0.644. The molecule has 0 spiro atoms. The normalized spacial score (nSPS) is 10.1. The number of benzene rings is 2. The van der Waals surface area contributed by atoms with E-state index in [1.165, 1.54) is 0 Å². The lowest BCUT2D eigenvalue weighted by atomic mass is 10.3. The molecular weight excluding hydrogens is 423 g/mol. The van der Waals surface area contributed by atoms with Crippen LogP contribution in [-0.4, -0.2) is 13.1 Å². The van der Waals surface area contributed by atoms with Gasteiger partial charge in [0.2, 0.25) is 0 Å². The van der Waals surface area contributed by atoms with Crippen molar-refractivity contribution in [2.24, 2.45) is 0 Å². The molecule has 0 atom stereocenters. The number of halogens is 3. The number of ether oxygens (including phenoxy) is 1. The minimum atomic E-state index is -0.371. The van der Waals surface area contributed by atoms with E-state index in [0.717, 1.165) is 8.95 Å². The Bertz CT molecular complexity index is 660. The van der Waals surface area contributed by atoms with Gasteiger partial charge in [0.15, 0.2) is 0 Å². The van der Waals surface area contributed by atoms with E-state index in [1.54, 1.807) is 43.5 Å². The molecule has 2 amide bonds. The highest BCUT2D eigenvalue weighted by atomic mass is 79.9. The van der Waals surface area contributed by atoms with Crippen molar-refractivity contribution in [1.82, 2.24) is 0 Å². The molecule has 7 heteroatoms. The number of carbonyl (C=O) groups is 1. The summed E-state index contributed by atoms with van der Waals surface area (Å²) in [7, 11) is 1.56. The standard InChI is InChI=1S/C14H11Br2ClN2O2/c1-21-13-5-9(16)4-12(7-13)19-14(20)18-11-3-8(15)2-10(17)6-11/h2-7H,1H3,(H2,18,19,20). The largest absolute Gasteiger partial charge is 0.497 e. The third kappa shape index (κ3) is 4.91. The van der Waals surface area contributed by atoms with Gasteiger partial charge in [-0.1, -0.05) is 43.5 Å². The number of carbonyl (C=O) groups excluding carboxylic acids is 1. The first kappa shape index (κ1) is 16.1. The second kappa shape index (κ2) is 7.15. The average molecular weight is 435 g/mol. The van der Waals surface area contributed by atoms with Gasteiger partial charge in [0, 0.05) is 31.4 Å². The van der Waals surface area contributed by atoms with Crippen molar-refractivity contribution in [3.8, 4) is 5.75 Å². The van der Waals surface area contributed by atoms with Crippen molar-refractivity contribution in [3.05, 3.63) is 50.4 Å². The van der Waals surface area contributed by atoms with Crippen molar-refractivity contribution >= 4 is 60.9 Å². The van der Waals surface area contributed by atoms with E-state index >= 15 is 0 Å². The maximum absolute atomic E-state index is 12.0.